The van der Waals surface area contributed by atoms with Gasteiger partial charge in [0.05, 0.1) is 0 Å². The lowest BCUT2D eigenvalue weighted by atomic mass is 9.94. The summed E-state index contributed by atoms with van der Waals surface area (Å²) in [4.78, 5) is 11.5. The predicted molar refractivity (Wildman–Crippen MR) is 56.3 cm³/mol. The summed E-state index contributed by atoms with van der Waals surface area (Å²) >= 11 is 5.10. The molecule has 0 aromatic heterocycles. The van der Waals surface area contributed by atoms with Crippen LogP contribution in [0.25, 0.3) is 0 Å². The zero-order valence-electron chi connectivity index (χ0n) is 7.63. The molecule has 0 aromatic rings. The molecular weight excluding hydrogens is 184 g/mol. The number of thiocarbonyl (C=S) groups is 1. The van der Waals surface area contributed by atoms with E-state index in [1.165, 1.54) is 0 Å². The van der Waals surface area contributed by atoms with Crippen LogP contribution < -0.4 is 11.1 Å². The highest BCUT2D eigenvalue weighted by atomic mass is 32.1. The molecule has 1 aliphatic carbocycles. The number of amides is 2. The molecule has 70 valence electrons. The number of urea groups is 1. The standard InChI is InChI=1S/C9H12N2OS/c1-5-3-4-7(13)6(2)8(5)11-9(10)12/h3-4,6H,1-2H3,(H3,10,11,12). The second-order valence-electron chi connectivity index (χ2n) is 3.04. The van der Waals surface area contributed by atoms with E-state index in [0.717, 1.165) is 16.1 Å². The molecule has 0 heterocycles. The van der Waals surface area contributed by atoms with E-state index in [1.807, 2.05) is 26.0 Å². The molecule has 0 fully saturated rings. The second-order valence-corrected chi connectivity index (χ2v) is 3.51. The Balaban J connectivity index is 2.95. The first-order valence-electron chi connectivity index (χ1n) is 4.01. The summed E-state index contributed by atoms with van der Waals surface area (Å²) in [7, 11) is 0. The highest BCUT2D eigenvalue weighted by Gasteiger charge is 2.18. The van der Waals surface area contributed by atoms with Crippen molar-refractivity contribution in [1.29, 1.82) is 0 Å². The van der Waals surface area contributed by atoms with Crippen molar-refractivity contribution in [2.45, 2.75) is 13.8 Å². The Morgan fingerprint density at radius 3 is 2.77 bits per heavy atom. The van der Waals surface area contributed by atoms with Gasteiger partial charge in [-0.1, -0.05) is 25.2 Å². The Hall–Kier alpha value is -1.16. The molecule has 0 spiro atoms. The van der Waals surface area contributed by atoms with Crippen LogP contribution in [0.4, 0.5) is 4.79 Å². The van der Waals surface area contributed by atoms with Crippen molar-refractivity contribution in [3.63, 3.8) is 0 Å². The third-order valence-corrected chi connectivity index (χ3v) is 2.53. The SMILES string of the molecule is CC1=C(NC(N)=O)C(C)C(=S)C=C1. The molecule has 0 aliphatic heterocycles. The molecule has 1 aliphatic rings. The molecule has 1 rings (SSSR count). The van der Waals surface area contributed by atoms with Crippen molar-refractivity contribution in [2.75, 3.05) is 0 Å². The van der Waals surface area contributed by atoms with E-state index in [4.69, 9.17) is 18.0 Å². The minimum atomic E-state index is -0.542. The van der Waals surface area contributed by atoms with Crippen LogP contribution in [-0.4, -0.2) is 10.9 Å². The number of hydrogen-bond donors (Lipinski definition) is 2. The number of carbonyl (C=O) groups is 1. The molecule has 0 saturated carbocycles. The van der Waals surface area contributed by atoms with Crippen molar-refractivity contribution in [3.05, 3.63) is 23.4 Å². The minimum Gasteiger partial charge on any atom is -0.351 e. The lowest BCUT2D eigenvalue weighted by molar-refractivity contribution is 0.250. The van der Waals surface area contributed by atoms with E-state index in [1.54, 1.807) is 0 Å². The predicted octanol–water partition coefficient (Wildman–Crippen LogP) is 1.50. The first-order chi connectivity index (χ1) is 6.02. The average molecular weight is 196 g/mol. The van der Waals surface area contributed by atoms with Crippen molar-refractivity contribution in [1.82, 2.24) is 5.32 Å². The largest absolute Gasteiger partial charge is 0.351 e. The number of nitrogens with one attached hydrogen (secondary N) is 1. The van der Waals surface area contributed by atoms with E-state index < -0.39 is 6.03 Å². The van der Waals surface area contributed by atoms with Gasteiger partial charge in [0, 0.05) is 16.5 Å². The summed E-state index contributed by atoms with van der Waals surface area (Å²) < 4.78 is 0. The second kappa shape index (κ2) is 3.70. The Morgan fingerprint density at radius 1 is 1.62 bits per heavy atom. The summed E-state index contributed by atoms with van der Waals surface area (Å²) in [5.41, 5.74) is 6.85. The van der Waals surface area contributed by atoms with Crippen LogP contribution in [-0.2, 0) is 0 Å². The third kappa shape index (κ3) is 2.15. The van der Waals surface area contributed by atoms with Crippen LogP contribution in [0.3, 0.4) is 0 Å². The van der Waals surface area contributed by atoms with Crippen LogP contribution in [0.5, 0.6) is 0 Å². The van der Waals surface area contributed by atoms with Gasteiger partial charge < -0.3 is 11.1 Å². The average Bonchev–Trinajstić information content (AvgIpc) is 2.05. The molecule has 13 heavy (non-hydrogen) atoms. The van der Waals surface area contributed by atoms with Crippen molar-refractivity contribution >= 4 is 23.1 Å². The van der Waals surface area contributed by atoms with Gasteiger partial charge in [0.2, 0.25) is 0 Å². The van der Waals surface area contributed by atoms with Crippen LogP contribution in [0.2, 0.25) is 0 Å². The molecule has 1 unspecified atom stereocenters. The van der Waals surface area contributed by atoms with Gasteiger partial charge in [-0.05, 0) is 18.6 Å². The fourth-order valence-electron chi connectivity index (χ4n) is 1.26. The van der Waals surface area contributed by atoms with Gasteiger partial charge in [0.1, 0.15) is 0 Å². The monoisotopic (exact) mass is 196 g/mol. The lowest BCUT2D eigenvalue weighted by Crippen LogP contribution is -2.34. The summed E-state index contributed by atoms with van der Waals surface area (Å²) in [5.74, 6) is 0.0625. The van der Waals surface area contributed by atoms with Crippen molar-refractivity contribution < 1.29 is 4.79 Å². The van der Waals surface area contributed by atoms with Gasteiger partial charge in [0.15, 0.2) is 0 Å². The molecule has 1 atom stereocenters. The first kappa shape index (κ1) is 9.92. The van der Waals surface area contributed by atoms with Gasteiger partial charge in [-0.25, -0.2) is 4.79 Å². The first-order valence-corrected chi connectivity index (χ1v) is 4.42. The van der Waals surface area contributed by atoms with E-state index in [2.05, 4.69) is 5.32 Å². The molecule has 3 nitrogen and oxygen atoms in total. The molecule has 2 amide bonds. The zero-order chi connectivity index (χ0) is 10.0. The quantitative estimate of drug-likeness (QED) is 0.624. The Morgan fingerprint density at radius 2 is 2.23 bits per heavy atom. The van der Waals surface area contributed by atoms with Gasteiger partial charge in [-0.2, -0.15) is 0 Å². The number of hydrogen-bond acceptors (Lipinski definition) is 2. The molecule has 0 aromatic carbocycles. The van der Waals surface area contributed by atoms with Gasteiger partial charge >= 0.3 is 6.03 Å². The zero-order valence-corrected chi connectivity index (χ0v) is 8.44. The Bertz CT molecular complexity index is 318. The number of rotatable bonds is 1. The fraction of sp³-hybridized carbons (Fsp3) is 0.333. The highest BCUT2D eigenvalue weighted by Crippen LogP contribution is 2.20. The summed E-state index contributed by atoms with van der Waals surface area (Å²) in [6.45, 7) is 3.86. The number of carbonyl (C=O) groups excluding carboxylic acids is 1. The minimum absolute atomic E-state index is 0.0625. The summed E-state index contributed by atoms with van der Waals surface area (Å²) in [6, 6.07) is -0.542. The van der Waals surface area contributed by atoms with Crippen molar-refractivity contribution in [3.8, 4) is 0 Å². The third-order valence-electron chi connectivity index (χ3n) is 2.04. The number of allylic oxidation sites excluding steroid dienone is 4. The maximum Gasteiger partial charge on any atom is 0.316 e. The number of nitrogens with two attached hydrogens (primary N) is 1. The van der Waals surface area contributed by atoms with Gasteiger partial charge in [0.25, 0.3) is 0 Å². The van der Waals surface area contributed by atoms with E-state index >= 15 is 0 Å². The van der Waals surface area contributed by atoms with Crippen molar-refractivity contribution in [2.24, 2.45) is 11.7 Å². The van der Waals surface area contributed by atoms with Crippen LogP contribution >= 0.6 is 12.2 Å². The molecule has 0 radical (unpaired) electrons. The van der Waals surface area contributed by atoms with Crippen LogP contribution in [0.1, 0.15) is 13.8 Å². The fourth-order valence-corrected chi connectivity index (χ4v) is 1.45. The smallest absolute Gasteiger partial charge is 0.316 e. The number of primary amides is 1. The van der Waals surface area contributed by atoms with E-state index in [0.29, 0.717) is 0 Å². The van der Waals surface area contributed by atoms with E-state index in [-0.39, 0.29) is 5.92 Å². The maximum absolute atomic E-state index is 10.7. The Kier molecular flexibility index (Phi) is 2.83. The van der Waals surface area contributed by atoms with Gasteiger partial charge in [-0.15, -0.1) is 0 Å². The Labute approximate surface area is 82.7 Å². The molecule has 3 N–H and O–H groups in total. The molecule has 4 heteroatoms. The summed E-state index contributed by atoms with van der Waals surface area (Å²) in [6.07, 6.45) is 3.76. The van der Waals surface area contributed by atoms with Crippen LogP contribution in [0, 0.1) is 5.92 Å². The van der Waals surface area contributed by atoms with E-state index in [9.17, 15) is 4.79 Å². The molecular formula is C9H12N2OS. The maximum atomic E-state index is 10.7. The van der Waals surface area contributed by atoms with Crippen LogP contribution in [0.15, 0.2) is 23.4 Å². The lowest BCUT2D eigenvalue weighted by Gasteiger charge is -2.21. The topological polar surface area (TPSA) is 55.1 Å². The summed E-state index contributed by atoms with van der Waals surface area (Å²) in [5, 5.41) is 2.59. The highest BCUT2D eigenvalue weighted by molar-refractivity contribution is 7.80. The molecule has 0 bridgehead atoms. The normalized spacial score (nSPS) is 22.0. The molecule has 0 saturated heterocycles. The van der Waals surface area contributed by atoms with Gasteiger partial charge in [-0.3, -0.25) is 0 Å².